The van der Waals surface area contributed by atoms with Crippen LogP contribution in [0.15, 0.2) is 29.3 Å². The largest absolute Gasteiger partial charge is 0.289 e. The second kappa shape index (κ2) is 5.39. The minimum Gasteiger partial charge on any atom is -0.274 e. The predicted octanol–water partition coefficient (Wildman–Crippen LogP) is 3.73. The molecule has 0 aromatic heterocycles. The summed E-state index contributed by atoms with van der Waals surface area (Å²) in [6.07, 6.45) is 1.86. The van der Waals surface area contributed by atoms with Crippen LogP contribution in [0, 0.1) is 33.8 Å². The van der Waals surface area contributed by atoms with Gasteiger partial charge in [-0.05, 0) is 50.7 Å². The number of anilines is 1. The zero-order valence-corrected chi connectivity index (χ0v) is 14.6. The van der Waals surface area contributed by atoms with Crippen LogP contribution in [0.3, 0.4) is 0 Å². The van der Waals surface area contributed by atoms with Gasteiger partial charge in [-0.25, -0.2) is 4.90 Å². The Hall–Kier alpha value is -2.21. The number of carbonyl (C=O) groups is 2. The van der Waals surface area contributed by atoms with E-state index in [1.54, 1.807) is 0 Å². The molecule has 1 aromatic rings. The lowest BCUT2D eigenvalue weighted by Crippen LogP contribution is -2.33. The Bertz CT molecular complexity index is 827. The van der Waals surface area contributed by atoms with Crippen molar-refractivity contribution < 1.29 is 14.5 Å². The number of nitro groups is 1. The number of fused-ring (bicyclic) bond motifs is 5. The van der Waals surface area contributed by atoms with E-state index in [1.807, 2.05) is 13.8 Å². The molecule has 7 heteroatoms. The van der Waals surface area contributed by atoms with Crippen LogP contribution in [0.25, 0.3) is 0 Å². The van der Waals surface area contributed by atoms with Crippen molar-refractivity contribution in [2.45, 2.75) is 26.7 Å². The Morgan fingerprint density at radius 3 is 2.20 bits per heavy atom. The molecule has 25 heavy (non-hydrogen) atoms. The summed E-state index contributed by atoms with van der Waals surface area (Å²) in [6, 6.07) is 4.07. The quantitative estimate of drug-likeness (QED) is 0.348. The van der Waals surface area contributed by atoms with Gasteiger partial charge in [-0.2, -0.15) is 0 Å². The van der Waals surface area contributed by atoms with Crippen molar-refractivity contribution in [3.63, 3.8) is 0 Å². The van der Waals surface area contributed by atoms with Gasteiger partial charge in [-0.3, -0.25) is 19.7 Å². The Morgan fingerprint density at radius 1 is 1.16 bits per heavy atom. The van der Waals surface area contributed by atoms with Gasteiger partial charge in [-0.15, -0.1) is 0 Å². The molecule has 0 spiro atoms. The maximum Gasteiger partial charge on any atom is 0.289 e. The van der Waals surface area contributed by atoms with Crippen LogP contribution in [0.4, 0.5) is 11.4 Å². The molecule has 130 valence electrons. The zero-order valence-electron chi connectivity index (χ0n) is 13.9. The minimum absolute atomic E-state index is 0.0139. The van der Waals surface area contributed by atoms with E-state index in [2.05, 4.69) is 0 Å². The van der Waals surface area contributed by atoms with Gasteiger partial charge in [0.15, 0.2) is 0 Å². The highest BCUT2D eigenvalue weighted by Crippen LogP contribution is 2.60. The van der Waals surface area contributed by atoms with E-state index in [1.165, 1.54) is 29.3 Å². The van der Waals surface area contributed by atoms with Gasteiger partial charge in [0.2, 0.25) is 11.8 Å². The molecule has 0 radical (unpaired) electrons. The van der Waals surface area contributed by atoms with Crippen LogP contribution in [0.5, 0.6) is 0 Å². The van der Waals surface area contributed by atoms with Gasteiger partial charge in [-0.1, -0.05) is 22.7 Å². The number of hydrogen-bond donors (Lipinski definition) is 0. The first-order valence-corrected chi connectivity index (χ1v) is 8.69. The number of rotatable bonds is 2. The van der Waals surface area contributed by atoms with Gasteiger partial charge >= 0.3 is 0 Å². The number of nitrogens with zero attached hydrogens (tertiary/aromatic N) is 2. The summed E-state index contributed by atoms with van der Waals surface area (Å²) in [4.78, 5) is 37.6. The van der Waals surface area contributed by atoms with Crippen molar-refractivity contribution in [1.82, 2.24) is 0 Å². The Morgan fingerprint density at radius 2 is 1.72 bits per heavy atom. The van der Waals surface area contributed by atoms with Crippen LogP contribution in [0.1, 0.15) is 26.7 Å². The number of imide groups is 1. The maximum absolute atomic E-state index is 13.0. The molecule has 2 saturated carbocycles. The summed E-state index contributed by atoms with van der Waals surface area (Å²) >= 11 is 5.84. The zero-order chi connectivity index (χ0) is 18.0. The van der Waals surface area contributed by atoms with E-state index in [0.717, 1.165) is 17.7 Å². The first-order valence-electron chi connectivity index (χ1n) is 8.32. The second-order valence-electron chi connectivity index (χ2n) is 7.20. The third-order valence-electron chi connectivity index (χ3n) is 5.81. The molecule has 3 fully saturated rings. The summed E-state index contributed by atoms with van der Waals surface area (Å²) in [5, 5.41) is 11.1. The van der Waals surface area contributed by atoms with Crippen LogP contribution in [-0.4, -0.2) is 16.7 Å². The smallest absolute Gasteiger partial charge is 0.274 e. The van der Waals surface area contributed by atoms with E-state index in [-0.39, 0.29) is 51.9 Å². The fraction of sp³-hybridized carbons (Fsp3) is 0.444. The van der Waals surface area contributed by atoms with Crippen LogP contribution < -0.4 is 4.90 Å². The molecule has 0 N–H and O–H groups in total. The standard InChI is InChI=1S/C18H17ClN2O4/c1-8(2)14-10-4-5-11(14)16-15(10)17(22)20(18(16)23)9-3-6-12(19)13(7-9)21(24)25/h3,6-7,10-11,15-16H,4-5H2,1-2H3/t10-,11+,15-,16-/m1/s1. The average Bonchev–Trinajstić information content (AvgIpc) is 3.18. The lowest BCUT2D eigenvalue weighted by Gasteiger charge is -2.19. The van der Waals surface area contributed by atoms with Crippen molar-refractivity contribution in [1.29, 1.82) is 0 Å². The first-order chi connectivity index (χ1) is 11.8. The molecule has 1 saturated heterocycles. The molecular formula is C18H17ClN2O4. The molecule has 0 unspecified atom stereocenters. The highest BCUT2D eigenvalue weighted by molar-refractivity contribution is 6.33. The number of amides is 2. The van der Waals surface area contributed by atoms with Crippen molar-refractivity contribution >= 4 is 34.8 Å². The first kappa shape index (κ1) is 16.3. The second-order valence-corrected chi connectivity index (χ2v) is 7.61. The lowest BCUT2D eigenvalue weighted by molar-refractivity contribution is -0.384. The lowest BCUT2D eigenvalue weighted by atomic mass is 9.81. The highest BCUT2D eigenvalue weighted by atomic mass is 35.5. The molecular weight excluding hydrogens is 344 g/mol. The van der Waals surface area contributed by atoms with Crippen LogP contribution >= 0.6 is 11.6 Å². The summed E-state index contributed by atoms with van der Waals surface area (Å²) < 4.78 is 0. The molecule has 1 heterocycles. The molecule has 4 rings (SSSR count). The molecule has 4 atom stereocenters. The van der Waals surface area contributed by atoms with E-state index in [4.69, 9.17) is 11.6 Å². The monoisotopic (exact) mass is 360 g/mol. The van der Waals surface area contributed by atoms with Crippen LogP contribution in [0.2, 0.25) is 5.02 Å². The topological polar surface area (TPSA) is 80.5 Å². The van der Waals surface area contributed by atoms with Crippen LogP contribution in [-0.2, 0) is 9.59 Å². The van der Waals surface area contributed by atoms with E-state index < -0.39 is 4.92 Å². The molecule has 1 aliphatic heterocycles. The van der Waals surface area contributed by atoms with Gasteiger partial charge in [0.05, 0.1) is 22.4 Å². The maximum atomic E-state index is 13.0. The fourth-order valence-electron chi connectivity index (χ4n) is 5.03. The van der Waals surface area contributed by atoms with E-state index in [0.29, 0.717) is 0 Å². The number of carbonyl (C=O) groups excluding carboxylic acids is 2. The number of nitro benzene ring substituents is 1. The summed E-state index contributed by atoms with van der Waals surface area (Å²) in [5.41, 5.74) is 2.41. The van der Waals surface area contributed by atoms with E-state index in [9.17, 15) is 19.7 Å². The van der Waals surface area contributed by atoms with Crippen molar-refractivity contribution in [3.05, 3.63) is 44.5 Å². The van der Waals surface area contributed by atoms with Gasteiger partial charge in [0.1, 0.15) is 5.02 Å². The third-order valence-corrected chi connectivity index (χ3v) is 6.13. The number of allylic oxidation sites excluding steroid dienone is 2. The molecule has 2 bridgehead atoms. The fourth-order valence-corrected chi connectivity index (χ4v) is 5.21. The normalized spacial score (nSPS) is 30.2. The van der Waals surface area contributed by atoms with Gasteiger partial charge in [0.25, 0.3) is 5.69 Å². The number of benzene rings is 1. The molecule has 2 amide bonds. The van der Waals surface area contributed by atoms with Crippen molar-refractivity contribution in [2.24, 2.45) is 23.7 Å². The summed E-state index contributed by atoms with van der Waals surface area (Å²) in [6.45, 7) is 4.08. The summed E-state index contributed by atoms with van der Waals surface area (Å²) in [5.74, 6) is -0.876. The molecule has 1 aromatic carbocycles. The van der Waals surface area contributed by atoms with Gasteiger partial charge < -0.3 is 0 Å². The van der Waals surface area contributed by atoms with E-state index >= 15 is 0 Å². The summed E-state index contributed by atoms with van der Waals surface area (Å²) in [7, 11) is 0. The Labute approximate surface area is 149 Å². The number of halogens is 1. The SMILES string of the molecule is CC(C)=C1[C@H]2CC[C@@H]1[C@H]1C(=O)N(c3ccc(Cl)c([N+](=O)[O-])c3)C(=O)[C@@H]12. The predicted molar refractivity (Wildman–Crippen MR) is 92.2 cm³/mol. The minimum atomic E-state index is -0.608. The molecule has 6 nitrogen and oxygen atoms in total. The number of hydrogen-bond acceptors (Lipinski definition) is 4. The Balaban J connectivity index is 1.76. The molecule has 2 aliphatic carbocycles. The van der Waals surface area contributed by atoms with Crippen molar-refractivity contribution in [2.75, 3.05) is 4.90 Å². The van der Waals surface area contributed by atoms with Gasteiger partial charge in [0, 0.05) is 6.07 Å². The van der Waals surface area contributed by atoms with Crippen molar-refractivity contribution in [3.8, 4) is 0 Å². The average molecular weight is 361 g/mol. The molecule has 3 aliphatic rings. The third kappa shape index (κ3) is 2.10. The highest BCUT2D eigenvalue weighted by Gasteiger charge is 2.63. The Kier molecular flexibility index (Phi) is 3.51.